The van der Waals surface area contributed by atoms with Gasteiger partial charge in [-0.3, -0.25) is 0 Å². The summed E-state index contributed by atoms with van der Waals surface area (Å²) in [5, 5.41) is 4.60. The number of likely N-dealkylation sites (N-methyl/N-ethyl adjacent to an activating group) is 1. The van der Waals surface area contributed by atoms with Gasteiger partial charge < -0.3 is 9.88 Å². The van der Waals surface area contributed by atoms with Crippen LogP contribution in [0.3, 0.4) is 0 Å². The molecule has 0 aliphatic rings. The summed E-state index contributed by atoms with van der Waals surface area (Å²) in [7, 11) is 2.16. The molecular weight excluding hydrogens is 326 g/mol. The van der Waals surface area contributed by atoms with Gasteiger partial charge in [0.05, 0.1) is 5.69 Å². The minimum atomic E-state index is 0.881. The number of benzene rings is 2. The lowest BCUT2D eigenvalue weighted by atomic mass is 10.1. The fourth-order valence-electron chi connectivity index (χ4n) is 3.10. The molecule has 0 saturated carbocycles. The van der Waals surface area contributed by atoms with Crippen molar-refractivity contribution in [2.75, 3.05) is 13.6 Å². The molecular formula is C21H21N3S. The van der Waals surface area contributed by atoms with Crippen molar-refractivity contribution in [2.24, 2.45) is 0 Å². The Kier molecular flexibility index (Phi) is 4.63. The third kappa shape index (κ3) is 3.65. The predicted molar refractivity (Wildman–Crippen MR) is 106 cm³/mol. The molecule has 0 saturated heterocycles. The second kappa shape index (κ2) is 7.21. The first-order valence-electron chi connectivity index (χ1n) is 8.53. The van der Waals surface area contributed by atoms with Gasteiger partial charge in [-0.15, -0.1) is 11.3 Å². The van der Waals surface area contributed by atoms with Gasteiger partial charge in [-0.2, -0.15) is 0 Å². The van der Waals surface area contributed by atoms with Crippen LogP contribution in [0.25, 0.3) is 21.5 Å². The summed E-state index contributed by atoms with van der Waals surface area (Å²) in [5.41, 5.74) is 4.93. The summed E-state index contributed by atoms with van der Waals surface area (Å²) < 4.78 is 0. The number of hydrogen-bond donors (Lipinski definition) is 1. The van der Waals surface area contributed by atoms with Crippen LogP contribution >= 0.6 is 11.3 Å². The molecule has 0 atom stereocenters. The Bertz CT molecular complexity index is 955. The van der Waals surface area contributed by atoms with Gasteiger partial charge in [0.1, 0.15) is 5.01 Å². The number of H-pyrrole nitrogens is 1. The van der Waals surface area contributed by atoms with E-state index in [1.165, 1.54) is 22.0 Å². The summed E-state index contributed by atoms with van der Waals surface area (Å²) in [5.74, 6) is 0. The van der Waals surface area contributed by atoms with Crippen molar-refractivity contribution in [3.8, 4) is 10.6 Å². The number of para-hydroxylation sites is 1. The van der Waals surface area contributed by atoms with Crippen LogP contribution in [0.1, 0.15) is 11.3 Å². The number of rotatable bonds is 6. The number of aromatic nitrogens is 2. The SMILES string of the molecule is CN(CCc1c[nH]c2ccccc12)Cc1csc(-c2ccccc2)n1. The Hall–Kier alpha value is -2.43. The molecule has 25 heavy (non-hydrogen) atoms. The molecule has 0 radical (unpaired) electrons. The van der Waals surface area contributed by atoms with Crippen LogP contribution in [0.2, 0.25) is 0 Å². The maximum atomic E-state index is 4.79. The van der Waals surface area contributed by atoms with E-state index >= 15 is 0 Å². The van der Waals surface area contributed by atoms with Crippen molar-refractivity contribution in [1.29, 1.82) is 0 Å². The molecule has 1 N–H and O–H groups in total. The Balaban J connectivity index is 1.38. The van der Waals surface area contributed by atoms with E-state index in [0.29, 0.717) is 0 Å². The normalized spacial score (nSPS) is 11.4. The van der Waals surface area contributed by atoms with Crippen molar-refractivity contribution >= 4 is 22.2 Å². The first-order chi connectivity index (χ1) is 12.3. The predicted octanol–water partition coefficient (Wildman–Crippen LogP) is 4.97. The Labute approximate surface area is 152 Å². The topological polar surface area (TPSA) is 31.9 Å². The van der Waals surface area contributed by atoms with Crippen molar-refractivity contribution in [3.05, 3.63) is 77.4 Å². The summed E-state index contributed by atoms with van der Waals surface area (Å²) in [6.07, 6.45) is 3.17. The monoisotopic (exact) mass is 347 g/mol. The molecule has 4 aromatic rings. The van der Waals surface area contributed by atoms with Gasteiger partial charge in [-0.05, 0) is 25.1 Å². The molecule has 2 aromatic carbocycles. The Morgan fingerprint density at radius 1 is 1.04 bits per heavy atom. The van der Waals surface area contributed by atoms with E-state index in [1.807, 2.05) is 6.07 Å². The molecule has 0 spiro atoms. The van der Waals surface area contributed by atoms with E-state index in [-0.39, 0.29) is 0 Å². The first-order valence-corrected chi connectivity index (χ1v) is 9.41. The zero-order valence-corrected chi connectivity index (χ0v) is 15.1. The van der Waals surface area contributed by atoms with Gasteiger partial charge in [0.15, 0.2) is 0 Å². The van der Waals surface area contributed by atoms with E-state index < -0.39 is 0 Å². The van der Waals surface area contributed by atoms with Gasteiger partial charge in [-0.25, -0.2) is 4.98 Å². The van der Waals surface area contributed by atoms with Crippen molar-refractivity contribution in [1.82, 2.24) is 14.9 Å². The maximum absolute atomic E-state index is 4.79. The van der Waals surface area contributed by atoms with E-state index in [4.69, 9.17) is 4.98 Å². The van der Waals surface area contributed by atoms with Crippen LogP contribution in [0, 0.1) is 0 Å². The van der Waals surface area contributed by atoms with E-state index in [1.54, 1.807) is 11.3 Å². The van der Waals surface area contributed by atoms with Crippen molar-refractivity contribution in [2.45, 2.75) is 13.0 Å². The number of nitrogens with one attached hydrogen (secondary N) is 1. The van der Waals surface area contributed by atoms with Crippen LogP contribution in [-0.4, -0.2) is 28.5 Å². The summed E-state index contributed by atoms with van der Waals surface area (Å²) in [4.78, 5) is 10.5. The molecule has 0 bridgehead atoms. The second-order valence-corrected chi connectivity index (χ2v) is 7.22. The van der Waals surface area contributed by atoms with Crippen LogP contribution < -0.4 is 0 Å². The number of fused-ring (bicyclic) bond motifs is 1. The van der Waals surface area contributed by atoms with Gasteiger partial charge in [0.25, 0.3) is 0 Å². The molecule has 0 aliphatic carbocycles. The minimum Gasteiger partial charge on any atom is -0.361 e. The molecule has 4 rings (SSSR count). The average Bonchev–Trinajstić information content (AvgIpc) is 3.28. The molecule has 4 heteroatoms. The number of hydrogen-bond acceptors (Lipinski definition) is 3. The molecule has 0 amide bonds. The lowest BCUT2D eigenvalue weighted by Crippen LogP contribution is -2.20. The average molecular weight is 347 g/mol. The smallest absolute Gasteiger partial charge is 0.123 e. The summed E-state index contributed by atoms with van der Waals surface area (Å²) >= 11 is 1.72. The molecule has 2 aromatic heterocycles. The fraction of sp³-hybridized carbons (Fsp3) is 0.190. The standard InChI is InChI=1S/C21H21N3S/c1-24(12-11-17-13-22-20-10-6-5-9-19(17)20)14-18-15-25-21(23-18)16-7-3-2-4-8-16/h2-10,13,15,22H,11-12,14H2,1H3. The quantitative estimate of drug-likeness (QED) is 0.534. The van der Waals surface area contributed by atoms with Gasteiger partial charge in [0.2, 0.25) is 0 Å². The Morgan fingerprint density at radius 2 is 1.84 bits per heavy atom. The molecule has 0 aliphatic heterocycles. The van der Waals surface area contributed by atoms with E-state index in [2.05, 4.69) is 77.0 Å². The Morgan fingerprint density at radius 3 is 2.72 bits per heavy atom. The van der Waals surface area contributed by atoms with Crippen LogP contribution in [0.5, 0.6) is 0 Å². The minimum absolute atomic E-state index is 0.881. The third-order valence-corrected chi connectivity index (χ3v) is 5.38. The van der Waals surface area contributed by atoms with Crippen molar-refractivity contribution < 1.29 is 0 Å². The largest absolute Gasteiger partial charge is 0.361 e. The summed E-state index contributed by atoms with van der Waals surface area (Å²) in [6, 6.07) is 18.9. The molecule has 2 heterocycles. The molecule has 3 nitrogen and oxygen atoms in total. The summed E-state index contributed by atoms with van der Waals surface area (Å²) in [6.45, 7) is 1.89. The van der Waals surface area contributed by atoms with Crippen LogP contribution in [-0.2, 0) is 13.0 Å². The maximum Gasteiger partial charge on any atom is 0.123 e. The highest BCUT2D eigenvalue weighted by Gasteiger charge is 2.08. The lowest BCUT2D eigenvalue weighted by molar-refractivity contribution is 0.328. The first kappa shape index (κ1) is 16.1. The second-order valence-electron chi connectivity index (χ2n) is 6.36. The third-order valence-electron chi connectivity index (χ3n) is 4.44. The highest BCUT2D eigenvalue weighted by Crippen LogP contribution is 2.24. The highest BCUT2D eigenvalue weighted by molar-refractivity contribution is 7.13. The van der Waals surface area contributed by atoms with E-state index in [0.717, 1.165) is 30.2 Å². The molecule has 126 valence electrons. The fourth-order valence-corrected chi connectivity index (χ4v) is 3.92. The molecule has 0 unspecified atom stereocenters. The highest BCUT2D eigenvalue weighted by atomic mass is 32.1. The zero-order valence-electron chi connectivity index (χ0n) is 14.3. The van der Waals surface area contributed by atoms with Gasteiger partial charge in [0, 0.05) is 41.1 Å². The number of nitrogens with zero attached hydrogens (tertiary/aromatic N) is 2. The van der Waals surface area contributed by atoms with Crippen LogP contribution in [0.15, 0.2) is 66.2 Å². The number of aromatic amines is 1. The van der Waals surface area contributed by atoms with Crippen LogP contribution in [0.4, 0.5) is 0 Å². The van der Waals surface area contributed by atoms with Gasteiger partial charge in [-0.1, -0.05) is 48.5 Å². The van der Waals surface area contributed by atoms with Crippen molar-refractivity contribution in [3.63, 3.8) is 0 Å². The lowest BCUT2D eigenvalue weighted by Gasteiger charge is -2.14. The van der Waals surface area contributed by atoms with Gasteiger partial charge >= 0.3 is 0 Å². The molecule has 0 fully saturated rings. The zero-order chi connectivity index (χ0) is 17.1. The number of thiazole rings is 1. The van der Waals surface area contributed by atoms with E-state index in [9.17, 15) is 0 Å².